The zero-order chi connectivity index (χ0) is 13.1. The molecule has 0 aliphatic rings. The molecule has 0 aliphatic heterocycles. The van der Waals surface area contributed by atoms with Crippen LogP contribution in [0.3, 0.4) is 0 Å². The van der Waals surface area contributed by atoms with Gasteiger partial charge < -0.3 is 4.74 Å². The summed E-state index contributed by atoms with van der Waals surface area (Å²) in [6, 6.07) is 11.7. The van der Waals surface area contributed by atoms with Gasteiger partial charge in [0.15, 0.2) is 0 Å². The van der Waals surface area contributed by atoms with Crippen molar-refractivity contribution in [2.24, 2.45) is 0 Å². The zero-order valence-electron chi connectivity index (χ0n) is 9.59. The molecule has 0 aliphatic carbocycles. The molecular weight excluding hydrogens is 298 g/mol. The van der Waals surface area contributed by atoms with E-state index in [0.717, 1.165) is 15.8 Å². The molecule has 0 radical (unpaired) electrons. The third kappa shape index (κ3) is 2.87. The van der Waals surface area contributed by atoms with Gasteiger partial charge in [0.2, 0.25) is 0 Å². The summed E-state index contributed by atoms with van der Waals surface area (Å²) in [5.41, 5.74) is 1.05. The minimum atomic E-state index is -0.436. The lowest BCUT2D eigenvalue weighted by Crippen LogP contribution is -1.90. The Kier molecular flexibility index (Phi) is 3.62. The fourth-order valence-corrected chi connectivity index (χ4v) is 1.79. The standard InChI is InChI=1S/C13H10BrNO3/c1-9-2-3-10(14)8-13(9)18-12-6-4-11(5-7-12)15(16)17/h2-8H,1H3. The molecule has 4 nitrogen and oxygen atoms in total. The summed E-state index contributed by atoms with van der Waals surface area (Å²) in [4.78, 5) is 10.1. The maximum Gasteiger partial charge on any atom is 0.269 e. The number of nitro groups is 1. The molecule has 18 heavy (non-hydrogen) atoms. The Morgan fingerprint density at radius 3 is 2.44 bits per heavy atom. The van der Waals surface area contributed by atoms with Crippen molar-refractivity contribution in [3.05, 3.63) is 62.6 Å². The number of nitrogens with zero attached hydrogens (tertiary/aromatic N) is 1. The summed E-state index contributed by atoms with van der Waals surface area (Å²) in [6.45, 7) is 1.94. The van der Waals surface area contributed by atoms with Crippen LogP contribution in [0, 0.1) is 17.0 Å². The molecular formula is C13H10BrNO3. The maximum absolute atomic E-state index is 10.5. The highest BCUT2D eigenvalue weighted by atomic mass is 79.9. The van der Waals surface area contributed by atoms with Crippen molar-refractivity contribution in [2.75, 3.05) is 0 Å². The first kappa shape index (κ1) is 12.6. The molecule has 0 atom stereocenters. The van der Waals surface area contributed by atoms with Crippen molar-refractivity contribution >= 4 is 21.6 Å². The van der Waals surface area contributed by atoms with Crippen molar-refractivity contribution in [3.8, 4) is 11.5 Å². The Hall–Kier alpha value is -1.88. The molecule has 2 aromatic rings. The van der Waals surface area contributed by atoms with Crippen LogP contribution in [-0.2, 0) is 0 Å². The first-order chi connectivity index (χ1) is 8.56. The molecule has 2 aromatic carbocycles. The van der Waals surface area contributed by atoms with Gasteiger partial charge in [0.05, 0.1) is 4.92 Å². The van der Waals surface area contributed by atoms with Gasteiger partial charge in [-0.3, -0.25) is 10.1 Å². The molecule has 0 fully saturated rings. The van der Waals surface area contributed by atoms with Crippen molar-refractivity contribution in [1.29, 1.82) is 0 Å². The Labute approximate surface area is 112 Å². The van der Waals surface area contributed by atoms with E-state index >= 15 is 0 Å². The van der Waals surface area contributed by atoms with Crippen LogP contribution in [0.4, 0.5) is 5.69 Å². The van der Waals surface area contributed by atoms with Crippen molar-refractivity contribution in [3.63, 3.8) is 0 Å². The number of halogens is 1. The molecule has 0 amide bonds. The minimum absolute atomic E-state index is 0.0494. The summed E-state index contributed by atoms with van der Waals surface area (Å²) < 4.78 is 6.59. The lowest BCUT2D eigenvalue weighted by atomic mass is 10.2. The largest absolute Gasteiger partial charge is 0.457 e. The molecule has 0 aromatic heterocycles. The average Bonchev–Trinajstić information content (AvgIpc) is 2.34. The van der Waals surface area contributed by atoms with E-state index in [4.69, 9.17) is 4.74 Å². The number of ether oxygens (including phenoxy) is 1. The van der Waals surface area contributed by atoms with E-state index in [1.807, 2.05) is 25.1 Å². The zero-order valence-corrected chi connectivity index (χ0v) is 11.2. The van der Waals surface area contributed by atoms with Crippen LogP contribution in [0.5, 0.6) is 11.5 Å². The summed E-state index contributed by atoms with van der Waals surface area (Å²) in [5.74, 6) is 1.29. The monoisotopic (exact) mass is 307 g/mol. The molecule has 0 saturated heterocycles. The third-order valence-corrected chi connectivity index (χ3v) is 2.92. The molecule has 5 heteroatoms. The van der Waals surface area contributed by atoms with Crippen LogP contribution in [-0.4, -0.2) is 4.92 Å². The quantitative estimate of drug-likeness (QED) is 0.621. The van der Waals surface area contributed by atoms with Gasteiger partial charge in [0.1, 0.15) is 11.5 Å². The molecule has 0 unspecified atom stereocenters. The van der Waals surface area contributed by atoms with Crippen LogP contribution in [0.1, 0.15) is 5.56 Å². The Morgan fingerprint density at radius 2 is 1.83 bits per heavy atom. The lowest BCUT2D eigenvalue weighted by Gasteiger charge is -2.08. The van der Waals surface area contributed by atoms with E-state index in [1.165, 1.54) is 12.1 Å². The number of hydrogen-bond acceptors (Lipinski definition) is 3. The fraction of sp³-hybridized carbons (Fsp3) is 0.0769. The Balaban J connectivity index is 2.23. The normalized spacial score (nSPS) is 10.1. The first-order valence-corrected chi connectivity index (χ1v) is 6.04. The minimum Gasteiger partial charge on any atom is -0.457 e. The van der Waals surface area contributed by atoms with Gasteiger partial charge in [-0.15, -0.1) is 0 Å². The molecule has 0 heterocycles. The predicted octanol–water partition coefficient (Wildman–Crippen LogP) is 4.46. The van der Waals surface area contributed by atoms with E-state index in [2.05, 4.69) is 15.9 Å². The summed E-state index contributed by atoms with van der Waals surface area (Å²) in [6.07, 6.45) is 0. The summed E-state index contributed by atoms with van der Waals surface area (Å²) >= 11 is 3.37. The van der Waals surface area contributed by atoms with E-state index < -0.39 is 4.92 Å². The van der Waals surface area contributed by atoms with Crippen LogP contribution < -0.4 is 4.74 Å². The fourth-order valence-electron chi connectivity index (χ4n) is 1.45. The second kappa shape index (κ2) is 5.18. The van der Waals surface area contributed by atoms with Crippen molar-refractivity contribution < 1.29 is 9.66 Å². The predicted molar refractivity (Wildman–Crippen MR) is 72.0 cm³/mol. The van der Waals surface area contributed by atoms with Gasteiger partial charge in [-0.1, -0.05) is 22.0 Å². The van der Waals surface area contributed by atoms with E-state index in [0.29, 0.717) is 5.75 Å². The number of aryl methyl sites for hydroxylation is 1. The number of rotatable bonds is 3. The smallest absolute Gasteiger partial charge is 0.269 e. The first-order valence-electron chi connectivity index (χ1n) is 5.25. The van der Waals surface area contributed by atoms with Crippen molar-refractivity contribution in [1.82, 2.24) is 0 Å². The van der Waals surface area contributed by atoms with Gasteiger partial charge in [-0.25, -0.2) is 0 Å². The van der Waals surface area contributed by atoms with Gasteiger partial charge in [-0.05, 0) is 36.8 Å². The highest BCUT2D eigenvalue weighted by Crippen LogP contribution is 2.28. The summed E-state index contributed by atoms with van der Waals surface area (Å²) in [7, 11) is 0. The molecule has 0 bridgehead atoms. The van der Waals surface area contributed by atoms with Gasteiger partial charge in [-0.2, -0.15) is 0 Å². The second-order valence-electron chi connectivity index (χ2n) is 3.76. The molecule has 0 saturated carbocycles. The number of nitro benzene ring substituents is 1. The lowest BCUT2D eigenvalue weighted by molar-refractivity contribution is -0.384. The highest BCUT2D eigenvalue weighted by Gasteiger charge is 2.06. The second-order valence-corrected chi connectivity index (χ2v) is 4.68. The molecule has 0 spiro atoms. The third-order valence-electron chi connectivity index (χ3n) is 2.43. The van der Waals surface area contributed by atoms with E-state index in [-0.39, 0.29) is 5.69 Å². The molecule has 0 N–H and O–H groups in total. The summed E-state index contributed by atoms with van der Waals surface area (Å²) in [5, 5.41) is 10.5. The van der Waals surface area contributed by atoms with E-state index in [1.54, 1.807) is 12.1 Å². The van der Waals surface area contributed by atoms with Crippen molar-refractivity contribution in [2.45, 2.75) is 6.92 Å². The van der Waals surface area contributed by atoms with Gasteiger partial charge in [0.25, 0.3) is 5.69 Å². The SMILES string of the molecule is Cc1ccc(Br)cc1Oc1ccc([N+](=O)[O-])cc1. The van der Waals surface area contributed by atoms with Gasteiger partial charge in [0, 0.05) is 16.6 Å². The van der Waals surface area contributed by atoms with Gasteiger partial charge >= 0.3 is 0 Å². The van der Waals surface area contributed by atoms with Crippen LogP contribution >= 0.6 is 15.9 Å². The molecule has 2 rings (SSSR count). The topological polar surface area (TPSA) is 52.4 Å². The highest BCUT2D eigenvalue weighted by molar-refractivity contribution is 9.10. The Morgan fingerprint density at radius 1 is 1.17 bits per heavy atom. The number of hydrogen-bond donors (Lipinski definition) is 0. The average molecular weight is 308 g/mol. The number of benzene rings is 2. The van der Waals surface area contributed by atoms with Crippen LogP contribution in [0.25, 0.3) is 0 Å². The Bertz CT molecular complexity index is 581. The number of non-ortho nitro benzene ring substituents is 1. The van der Waals surface area contributed by atoms with Crippen LogP contribution in [0.2, 0.25) is 0 Å². The van der Waals surface area contributed by atoms with Crippen LogP contribution in [0.15, 0.2) is 46.9 Å². The molecule has 92 valence electrons. The maximum atomic E-state index is 10.5. The van der Waals surface area contributed by atoms with E-state index in [9.17, 15) is 10.1 Å².